The summed E-state index contributed by atoms with van der Waals surface area (Å²) >= 11 is 1.42. The maximum atomic E-state index is 12.5. The molecule has 1 aromatic heterocycles. The van der Waals surface area contributed by atoms with Gasteiger partial charge in [0.1, 0.15) is 17.3 Å². The molecular formula is C25H23N3O3S. The summed E-state index contributed by atoms with van der Waals surface area (Å²) < 4.78 is 11.1. The highest BCUT2D eigenvalue weighted by Gasteiger charge is 2.28. The van der Waals surface area contributed by atoms with Crippen molar-refractivity contribution in [2.24, 2.45) is 4.99 Å². The molecule has 6 nitrogen and oxygen atoms in total. The summed E-state index contributed by atoms with van der Waals surface area (Å²) in [7, 11) is 1.64. The lowest BCUT2D eigenvalue weighted by Crippen LogP contribution is -2.47. The van der Waals surface area contributed by atoms with Crippen LogP contribution in [0.1, 0.15) is 5.76 Å². The van der Waals surface area contributed by atoms with Crippen molar-refractivity contribution in [2.45, 2.75) is 0 Å². The van der Waals surface area contributed by atoms with Crippen molar-refractivity contribution in [3.8, 4) is 17.1 Å². The van der Waals surface area contributed by atoms with E-state index in [9.17, 15) is 4.79 Å². The summed E-state index contributed by atoms with van der Waals surface area (Å²) in [5.74, 6) is 1.97. The number of amidine groups is 1. The van der Waals surface area contributed by atoms with Crippen LogP contribution in [0, 0.1) is 0 Å². The van der Waals surface area contributed by atoms with Crippen LogP contribution in [0.3, 0.4) is 0 Å². The van der Waals surface area contributed by atoms with E-state index in [1.165, 1.54) is 17.4 Å². The molecule has 0 radical (unpaired) electrons. The molecule has 2 aliphatic rings. The molecule has 0 atom stereocenters. The zero-order valence-corrected chi connectivity index (χ0v) is 18.5. The lowest BCUT2D eigenvalue weighted by Gasteiger charge is -2.36. The van der Waals surface area contributed by atoms with Gasteiger partial charge in [-0.05, 0) is 60.3 Å². The molecule has 1 fully saturated rings. The Bertz CT molecular complexity index is 1160. The molecule has 0 aliphatic carbocycles. The average molecular weight is 446 g/mol. The molecule has 0 N–H and O–H groups in total. The Morgan fingerprint density at radius 3 is 2.38 bits per heavy atom. The molecule has 5 rings (SSSR count). The van der Waals surface area contributed by atoms with Crippen molar-refractivity contribution < 1.29 is 13.9 Å². The Hall–Kier alpha value is -3.45. The van der Waals surface area contributed by atoms with E-state index < -0.39 is 0 Å². The molecular weight excluding hydrogens is 422 g/mol. The molecule has 2 aromatic carbocycles. The monoisotopic (exact) mass is 445 g/mol. The van der Waals surface area contributed by atoms with Crippen LogP contribution in [-0.2, 0) is 4.79 Å². The van der Waals surface area contributed by atoms with Gasteiger partial charge in [0.25, 0.3) is 5.91 Å². The average Bonchev–Trinajstić information content (AvgIpc) is 3.47. The zero-order valence-electron chi connectivity index (χ0n) is 17.7. The number of hydrogen-bond donors (Lipinski definition) is 0. The lowest BCUT2D eigenvalue weighted by atomic mass is 10.2. The predicted octanol–water partition coefficient (Wildman–Crippen LogP) is 4.75. The van der Waals surface area contributed by atoms with Crippen molar-refractivity contribution in [1.29, 1.82) is 0 Å². The van der Waals surface area contributed by atoms with Crippen LogP contribution in [0.5, 0.6) is 5.75 Å². The Morgan fingerprint density at radius 1 is 0.938 bits per heavy atom. The van der Waals surface area contributed by atoms with Crippen molar-refractivity contribution in [3.63, 3.8) is 0 Å². The van der Waals surface area contributed by atoms with E-state index in [1.807, 2.05) is 42.5 Å². The largest absolute Gasteiger partial charge is 0.497 e. The maximum Gasteiger partial charge on any atom is 0.286 e. The van der Waals surface area contributed by atoms with E-state index in [0.717, 1.165) is 48.4 Å². The number of thioether (sulfide) groups is 1. The fraction of sp³-hybridized carbons (Fsp3) is 0.200. The number of anilines is 1. The van der Waals surface area contributed by atoms with E-state index in [-0.39, 0.29) is 5.91 Å². The molecule has 162 valence electrons. The molecule has 1 saturated heterocycles. The highest BCUT2D eigenvalue weighted by atomic mass is 32.2. The van der Waals surface area contributed by atoms with Gasteiger partial charge < -0.3 is 19.0 Å². The second-order valence-electron chi connectivity index (χ2n) is 7.55. The van der Waals surface area contributed by atoms with Gasteiger partial charge >= 0.3 is 0 Å². The summed E-state index contributed by atoms with van der Waals surface area (Å²) in [5, 5.41) is 0.774. The predicted molar refractivity (Wildman–Crippen MR) is 129 cm³/mol. The smallest absolute Gasteiger partial charge is 0.286 e. The van der Waals surface area contributed by atoms with Gasteiger partial charge in [-0.2, -0.15) is 4.99 Å². The molecule has 1 amide bonds. The minimum Gasteiger partial charge on any atom is -0.497 e. The summed E-state index contributed by atoms with van der Waals surface area (Å²) in [4.78, 5) is 21.9. The number of nitrogens with zero attached hydrogens (tertiary/aromatic N) is 3. The van der Waals surface area contributed by atoms with Gasteiger partial charge in [0.2, 0.25) is 0 Å². The van der Waals surface area contributed by atoms with Crippen molar-refractivity contribution >= 4 is 34.6 Å². The molecule has 0 bridgehead atoms. The fourth-order valence-electron chi connectivity index (χ4n) is 3.80. The molecule has 3 heterocycles. The molecule has 7 heteroatoms. The van der Waals surface area contributed by atoms with Gasteiger partial charge in [0, 0.05) is 43.5 Å². The fourth-order valence-corrected chi connectivity index (χ4v) is 4.74. The molecule has 0 saturated carbocycles. The molecule has 2 aliphatic heterocycles. The summed E-state index contributed by atoms with van der Waals surface area (Å²) in [6, 6.07) is 21.9. The second kappa shape index (κ2) is 8.96. The number of benzene rings is 2. The molecule has 0 unspecified atom stereocenters. The van der Waals surface area contributed by atoms with E-state index in [0.29, 0.717) is 10.7 Å². The number of carbonyl (C=O) groups excluding carboxylic acids is 1. The standard InChI is InChI=1S/C25H23N3O3S/c1-30-20-9-7-18(8-10-20)22-12-11-21(31-22)17-23-24(29)26-25(32-23)28-15-13-27(14-16-28)19-5-3-2-4-6-19/h2-12,17H,13-16H2,1H3. The quantitative estimate of drug-likeness (QED) is 0.541. The van der Waals surface area contributed by atoms with E-state index in [1.54, 1.807) is 13.2 Å². The van der Waals surface area contributed by atoms with Crippen LogP contribution in [0.2, 0.25) is 0 Å². The minimum atomic E-state index is -0.210. The number of amides is 1. The number of rotatable bonds is 4. The van der Waals surface area contributed by atoms with Crippen molar-refractivity contribution in [2.75, 3.05) is 38.2 Å². The van der Waals surface area contributed by atoms with E-state index >= 15 is 0 Å². The SMILES string of the molecule is COc1ccc(-c2ccc(C=C3SC(N4CCN(c5ccccc5)CC4)=NC3=O)o2)cc1. The van der Waals surface area contributed by atoms with Crippen LogP contribution in [0.15, 0.2) is 81.0 Å². The molecule has 3 aromatic rings. The first kappa shape index (κ1) is 20.5. The number of piperazine rings is 1. The van der Waals surface area contributed by atoms with Crippen molar-refractivity contribution in [3.05, 3.63) is 77.4 Å². The van der Waals surface area contributed by atoms with Gasteiger partial charge in [-0.15, -0.1) is 0 Å². The summed E-state index contributed by atoms with van der Waals surface area (Å²) in [5.41, 5.74) is 2.18. The molecule has 32 heavy (non-hydrogen) atoms. The number of carbonyl (C=O) groups is 1. The van der Waals surface area contributed by atoms with Crippen LogP contribution in [0.4, 0.5) is 5.69 Å². The van der Waals surface area contributed by atoms with Crippen LogP contribution < -0.4 is 9.64 Å². The zero-order chi connectivity index (χ0) is 21.9. The minimum absolute atomic E-state index is 0.210. The Labute approximate surface area is 191 Å². The first-order valence-corrected chi connectivity index (χ1v) is 11.3. The highest BCUT2D eigenvalue weighted by Crippen LogP contribution is 2.32. The van der Waals surface area contributed by atoms with Crippen LogP contribution >= 0.6 is 11.8 Å². The number of aliphatic imine (C=N–C) groups is 1. The van der Waals surface area contributed by atoms with Gasteiger partial charge in [0.15, 0.2) is 5.17 Å². The van der Waals surface area contributed by atoms with Crippen LogP contribution in [-0.4, -0.2) is 49.3 Å². The third-order valence-electron chi connectivity index (χ3n) is 5.56. The maximum absolute atomic E-state index is 12.5. The van der Waals surface area contributed by atoms with Crippen molar-refractivity contribution in [1.82, 2.24) is 4.90 Å². The van der Waals surface area contributed by atoms with E-state index in [2.05, 4.69) is 39.1 Å². The number of para-hydroxylation sites is 1. The Balaban J connectivity index is 1.23. The Morgan fingerprint density at radius 2 is 1.66 bits per heavy atom. The second-order valence-corrected chi connectivity index (χ2v) is 8.56. The number of methoxy groups -OCH3 is 1. The first-order chi connectivity index (χ1) is 15.7. The van der Waals surface area contributed by atoms with Crippen LogP contribution in [0.25, 0.3) is 17.4 Å². The summed E-state index contributed by atoms with van der Waals surface area (Å²) in [6.45, 7) is 3.48. The lowest BCUT2D eigenvalue weighted by molar-refractivity contribution is -0.113. The number of ether oxygens (including phenoxy) is 1. The number of furan rings is 1. The van der Waals surface area contributed by atoms with Gasteiger partial charge in [-0.1, -0.05) is 18.2 Å². The number of hydrogen-bond acceptors (Lipinski definition) is 6. The molecule has 0 spiro atoms. The normalized spacial score (nSPS) is 17.7. The third-order valence-corrected chi connectivity index (χ3v) is 6.60. The Kier molecular flexibility index (Phi) is 5.73. The van der Waals surface area contributed by atoms with Gasteiger partial charge in [-0.3, -0.25) is 4.79 Å². The van der Waals surface area contributed by atoms with Gasteiger partial charge in [-0.25, -0.2) is 0 Å². The topological polar surface area (TPSA) is 58.3 Å². The van der Waals surface area contributed by atoms with Gasteiger partial charge in [0.05, 0.1) is 12.0 Å². The van der Waals surface area contributed by atoms with E-state index in [4.69, 9.17) is 9.15 Å². The first-order valence-electron chi connectivity index (χ1n) is 10.5. The third kappa shape index (κ3) is 4.29. The summed E-state index contributed by atoms with van der Waals surface area (Å²) in [6.07, 6.45) is 1.77. The highest BCUT2D eigenvalue weighted by molar-refractivity contribution is 8.18.